The maximum Gasteiger partial charge on any atom is 0.243 e. The zero-order chi connectivity index (χ0) is 18.6. The molecule has 1 aromatic carbocycles. The zero-order valence-electron chi connectivity index (χ0n) is 14.2. The molecule has 0 saturated carbocycles. The van der Waals surface area contributed by atoms with E-state index in [1.807, 2.05) is 12.1 Å². The van der Waals surface area contributed by atoms with Crippen LogP contribution >= 0.6 is 0 Å². The standard InChI is InChI=1S/C18H21F2N3O2S/c19-16-1-2-17(20)18(11-16)26(24,25)22-12-14-5-9-23(10-6-14)13-15-3-7-21-8-4-15/h1-4,7-8,11,14,22H,5-6,9-10,12-13H2. The third-order valence-corrected chi connectivity index (χ3v) is 6.05. The molecule has 0 atom stereocenters. The molecule has 0 bridgehead atoms. The van der Waals surface area contributed by atoms with Crippen LogP contribution in [0.5, 0.6) is 0 Å². The van der Waals surface area contributed by atoms with Gasteiger partial charge < -0.3 is 0 Å². The molecule has 8 heteroatoms. The Morgan fingerprint density at radius 2 is 1.81 bits per heavy atom. The van der Waals surface area contributed by atoms with Crippen molar-refractivity contribution < 1.29 is 17.2 Å². The van der Waals surface area contributed by atoms with E-state index in [9.17, 15) is 17.2 Å². The van der Waals surface area contributed by atoms with Crippen LogP contribution in [-0.4, -0.2) is 37.9 Å². The molecule has 0 amide bonds. The number of likely N-dealkylation sites (tertiary alicyclic amines) is 1. The van der Waals surface area contributed by atoms with Gasteiger partial charge in [-0.25, -0.2) is 21.9 Å². The van der Waals surface area contributed by atoms with Gasteiger partial charge in [-0.15, -0.1) is 0 Å². The fourth-order valence-corrected chi connectivity index (χ4v) is 4.29. The molecule has 5 nitrogen and oxygen atoms in total. The lowest BCUT2D eigenvalue weighted by molar-refractivity contribution is 0.178. The Bertz CT molecular complexity index is 839. The van der Waals surface area contributed by atoms with E-state index in [-0.39, 0.29) is 12.5 Å². The zero-order valence-corrected chi connectivity index (χ0v) is 15.1. The summed E-state index contributed by atoms with van der Waals surface area (Å²) in [5.41, 5.74) is 1.20. The minimum atomic E-state index is -4.06. The maximum absolute atomic E-state index is 13.7. The summed E-state index contributed by atoms with van der Waals surface area (Å²) in [5.74, 6) is -1.56. The second-order valence-corrected chi connectivity index (χ2v) is 8.24. The van der Waals surface area contributed by atoms with Crippen LogP contribution < -0.4 is 4.72 Å². The van der Waals surface area contributed by atoms with Crippen LogP contribution in [0.25, 0.3) is 0 Å². The molecule has 140 valence electrons. The molecule has 0 unspecified atom stereocenters. The molecular formula is C18H21F2N3O2S. The van der Waals surface area contributed by atoms with Crippen LogP contribution in [0.3, 0.4) is 0 Å². The average Bonchev–Trinajstić information content (AvgIpc) is 2.64. The molecule has 3 rings (SSSR count). The number of hydrogen-bond acceptors (Lipinski definition) is 4. The molecule has 0 aliphatic carbocycles. The second kappa shape index (κ2) is 8.20. The van der Waals surface area contributed by atoms with E-state index in [1.54, 1.807) is 12.4 Å². The second-order valence-electron chi connectivity index (χ2n) is 6.50. The predicted molar refractivity (Wildman–Crippen MR) is 93.8 cm³/mol. The van der Waals surface area contributed by atoms with Crippen molar-refractivity contribution in [3.8, 4) is 0 Å². The van der Waals surface area contributed by atoms with E-state index < -0.39 is 26.6 Å². The van der Waals surface area contributed by atoms with E-state index in [0.717, 1.165) is 44.6 Å². The Morgan fingerprint density at radius 3 is 2.50 bits per heavy atom. The van der Waals surface area contributed by atoms with Gasteiger partial charge in [0.05, 0.1) is 0 Å². The van der Waals surface area contributed by atoms with Crippen molar-refractivity contribution in [3.63, 3.8) is 0 Å². The number of aromatic nitrogens is 1. The van der Waals surface area contributed by atoms with Crippen LogP contribution in [0.1, 0.15) is 18.4 Å². The van der Waals surface area contributed by atoms with Gasteiger partial charge >= 0.3 is 0 Å². The van der Waals surface area contributed by atoms with Gasteiger partial charge in [0.1, 0.15) is 16.5 Å². The number of rotatable bonds is 6. The smallest absolute Gasteiger partial charge is 0.243 e. The topological polar surface area (TPSA) is 62.3 Å². The number of benzene rings is 1. The first-order valence-corrected chi connectivity index (χ1v) is 9.98. The van der Waals surface area contributed by atoms with Gasteiger partial charge in [-0.3, -0.25) is 9.88 Å². The number of sulfonamides is 1. The fourth-order valence-electron chi connectivity index (χ4n) is 3.08. The Kier molecular flexibility index (Phi) is 5.95. The van der Waals surface area contributed by atoms with Gasteiger partial charge in [-0.2, -0.15) is 0 Å². The van der Waals surface area contributed by atoms with Gasteiger partial charge in [0, 0.05) is 25.5 Å². The van der Waals surface area contributed by atoms with Crippen molar-refractivity contribution in [2.75, 3.05) is 19.6 Å². The fraction of sp³-hybridized carbons (Fsp3) is 0.389. The van der Waals surface area contributed by atoms with Crippen molar-refractivity contribution in [3.05, 3.63) is 59.9 Å². The van der Waals surface area contributed by atoms with Gasteiger partial charge in [0.25, 0.3) is 0 Å². The minimum Gasteiger partial charge on any atom is -0.299 e. The largest absolute Gasteiger partial charge is 0.299 e. The quantitative estimate of drug-likeness (QED) is 0.835. The maximum atomic E-state index is 13.7. The summed E-state index contributed by atoms with van der Waals surface area (Å²) in [5, 5.41) is 0. The predicted octanol–water partition coefficient (Wildman–Crippen LogP) is 2.55. The Hall–Kier alpha value is -1.90. The van der Waals surface area contributed by atoms with Crippen molar-refractivity contribution >= 4 is 10.0 Å². The van der Waals surface area contributed by atoms with Gasteiger partial charge in [-0.05, 0) is 67.7 Å². The Balaban J connectivity index is 1.51. The first-order chi connectivity index (χ1) is 12.4. The minimum absolute atomic E-state index is 0.176. The van der Waals surface area contributed by atoms with Gasteiger partial charge in [0.15, 0.2) is 0 Å². The summed E-state index contributed by atoms with van der Waals surface area (Å²) in [4.78, 5) is 5.67. The molecular weight excluding hydrogens is 360 g/mol. The van der Waals surface area contributed by atoms with Crippen LogP contribution in [-0.2, 0) is 16.6 Å². The molecule has 1 aliphatic heterocycles. The summed E-state index contributed by atoms with van der Waals surface area (Å²) < 4.78 is 53.8. The van der Waals surface area contributed by atoms with E-state index in [1.165, 1.54) is 5.56 Å². The molecule has 2 aromatic rings. The normalized spacial score (nSPS) is 16.7. The molecule has 2 heterocycles. The van der Waals surface area contributed by atoms with Crippen molar-refractivity contribution in [2.24, 2.45) is 5.92 Å². The summed E-state index contributed by atoms with van der Waals surface area (Å²) in [7, 11) is -4.06. The third kappa shape index (κ3) is 4.84. The van der Waals surface area contributed by atoms with E-state index in [2.05, 4.69) is 14.6 Å². The number of halogens is 2. The summed E-state index contributed by atoms with van der Waals surface area (Å²) in [6.07, 6.45) is 5.23. The van der Waals surface area contributed by atoms with Crippen LogP contribution in [0.2, 0.25) is 0 Å². The Labute approximate surface area is 152 Å². The lowest BCUT2D eigenvalue weighted by Crippen LogP contribution is -2.38. The van der Waals surface area contributed by atoms with Crippen molar-refractivity contribution in [1.29, 1.82) is 0 Å². The number of nitrogens with one attached hydrogen (secondary N) is 1. The summed E-state index contributed by atoms with van der Waals surface area (Å²) in [6, 6.07) is 6.38. The number of pyridine rings is 1. The first-order valence-electron chi connectivity index (χ1n) is 8.50. The molecule has 1 N–H and O–H groups in total. The van der Waals surface area contributed by atoms with E-state index in [4.69, 9.17) is 0 Å². The highest BCUT2D eigenvalue weighted by Gasteiger charge is 2.24. The molecule has 0 spiro atoms. The Morgan fingerprint density at radius 1 is 1.12 bits per heavy atom. The number of hydrogen-bond donors (Lipinski definition) is 1. The van der Waals surface area contributed by atoms with E-state index in [0.29, 0.717) is 6.07 Å². The van der Waals surface area contributed by atoms with E-state index >= 15 is 0 Å². The molecule has 1 saturated heterocycles. The number of piperidine rings is 1. The SMILES string of the molecule is O=S(=O)(NCC1CCN(Cc2ccncc2)CC1)c1cc(F)ccc1F. The highest BCUT2D eigenvalue weighted by molar-refractivity contribution is 7.89. The third-order valence-electron chi connectivity index (χ3n) is 4.61. The lowest BCUT2D eigenvalue weighted by atomic mass is 9.97. The van der Waals surface area contributed by atoms with Gasteiger partial charge in [0.2, 0.25) is 10.0 Å². The molecule has 26 heavy (non-hydrogen) atoms. The average molecular weight is 381 g/mol. The highest BCUT2D eigenvalue weighted by atomic mass is 32.2. The van der Waals surface area contributed by atoms with Crippen LogP contribution in [0, 0.1) is 17.6 Å². The first kappa shape index (κ1) is 18.9. The lowest BCUT2D eigenvalue weighted by Gasteiger charge is -2.32. The summed E-state index contributed by atoms with van der Waals surface area (Å²) in [6.45, 7) is 2.79. The van der Waals surface area contributed by atoms with Crippen molar-refractivity contribution in [1.82, 2.24) is 14.6 Å². The van der Waals surface area contributed by atoms with Crippen LogP contribution in [0.15, 0.2) is 47.6 Å². The highest BCUT2D eigenvalue weighted by Crippen LogP contribution is 2.20. The molecule has 1 aliphatic rings. The molecule has 1 aromatic heterocycles. The molecule has 0 radical (unpaired) electrons. The number of nitrogens with zero attached hydrogens (tertiary/aromatic N) is 2. The summed E-state index contributed by atoms with van der Waals surface area (Å²) >= 11 is 0. The monoisotopic (exact) mass is 381 g/mol. The molecule has 1 fully saturated rings. The van der Waals surface area contributed by atoms with Crippen molar-refractivity contribution in [2.45, 2.75) is 24.3 Å². The van der Waals surface area contributed by atoms with Gasteiger partial charge in [-0.1, -0.05) is 0 Å². The van der Waals surface area contributed by atoms with Crippen LogP contribution in [0.4, 0.5) is 8.78 Å².